The minimum absolute atomic E-state index is 0.250. The summed E-state index contributed by atoms with van der Waals surface area (Å²) in [6, 6.07) is 10.7. The van der Waals surface area contributed by atoms with Crippen LogP contribution >= 0.6 is 34.2 Å². The molecule has 6 heteroatoms. The number of hydrogen-bond donors (Lipinski definition) is 1. The molecule has 22 heavy (non-hydrogen) atoms. The summed E-state index contributed by atoms with van der Waals surface area (Å²) >= 11 is 8.16. The molecule has 0 saturated heterocycles. The number of benzene rings is 2. The number of carbonyl (C=O) groups is 1. The molecule has 0 saturated carbocycles. The number of hydrogen-bond acceptors (Lipinski definition) is 3. The van der Waals surface area contributed by atoms with E-state index in [4.69, 9.17) is 21.1 Å². The highest BCUT2D eigenvalue weighted by atomic mass is 127. The van der Waals surface area contributed by atoms with Gasteiger partial charge in [0.1, 0.15) is 11.5 Å². The lowest BCUT2D eigenvalue weighted by Crippen LogP contribution is -2.23. The summed E-state index contributed by atoms with van der Waals surface area (Å²) in [5, 5.41) is 3.34. The Kier molecular flexibility index (Phi) is 5.90. The number of ether oxygens (including phenoxy) is 2. The highest BCUT2D eigenvalue weighted by molar-refractivity contribution is 14.1. The molecule has 2 aromatic carbocycles. The smallest absolute Gasteiger partial charge is 0.255 e. The van der Waals surface area contributed by atoms with E-state index in [2.05, 4.69) is 27.9 Å². The van der Waals surface area contributed by atoms with Gasteiger partial charge in [-0.25, -0.2) is 0 Å². The monoisotopic (exact) mass is 431 g/mol. The zero-order valence-electron chi connectivity index (χ0n) is 12.2. The molecule has 0 aliphatic rings. The lowest BCUT2D eigenvalue weighted by Gasteiger charge is -2.12. The fourth-order valence-corrected chi connectivity index (χ4v) is 2.74. The van der Waals surface area contributed by atoms with E-state index in [1.54, 1.807) is 25.3 Å². The first-order chi connectivity index (χ1) is 10.5. The van der Waals surface area contributed by atoms with Crippen molar-refractivity contribution >= 4 is 40.1 Å². The fraction of sp³-hybridized carbons (Fsp3) is 0.188. The molecule has 0 heterocycles. The van der Waals surface area contributed by atoms with Gasteiger partial charge < -0.3 is 14.8 Å². The molecule has 0 atom stereocenters. The van der Waals surface area contributed by atoms with Crippen molar-refractivity contribution < 1.29 is 14.3 Å². The van der Waals surface area contributed by atoms with Crippen LogP contribution in [0.1, 0.15) is 15.9 Å². The van der Waals surface area contributed by atoms with Gasteiger partial charge in [-0.15, -0.1) is 0 Å². The Morgan fingerprint density at radius 2 is 1.82 bits per heavy atom. The van der Waals surface area contributed by atoms with Crippen molar-refractivity contribution in [2.75, 3.05) is 14.2 Å². The summed E-state index contributed by atoms with van der Waals surface area (Å²) in [7, 11) is 3.12. The predicted molar refractivity (Wildman–Crippen MR) is 94.9 cm³/mol. The van der Waals surface area contributed by atoms with E-state index in [9.17, 15) is 4.79 Å². The van der Waals surface area contributed by atoms with Crippen LogP contribution in [0.5, 0.6) is 11.5 Å². The largest absolute Gasteiger partial charge is 0.496 e. The number of methoxy groups -OCH3 is 2. The molecule has 0 aromatic heterocycles. The molecule has 0 aliphatic heterocycles. The number of carbonyl (C=O) groups excluding carboxylic acids is 1. The van der Waals surface area contributed by atoms with Gasteiger partial charge in [-0.2, -0.15) is 0 Å². The maximum atomic E-state index is 12.3. The van der Waals surface area contributed by atoms with Crippen molar-refractivity contribution in [1.29, 1.82) is 0 Å². The molecule has 4 nitrogen and oxygen atoms in total. The van der Waals surface area contributed by atoms with Crippen LogP contribution in [0.4, 0.5) is 0 Å². The van der Waals surface area contributed by atoms with Crippen LogP contribution in [0.2, 0.25) is 5.02 Å². The van der Waals surface area contributed by atoms with Crippen molar-refractivity contribution in [3.8, 4) is 11.5 Å². The molecule has 0 fully saturated rings. The van der Waals surface area contributed by atoms with Gasteiger partial charge in [0.2, 0.25) is 0 Å². The van der Waals surface area contributed by atoms with Gasteiger partial charge in [0.15, 0.2) is 0 Å². The summed E-state index contributed by atoms with van der Waals surface area (Å²) in [6.45, 7) is 0.356. The second kappa shape index (κ2) is 7.69. The van der Waals surface area contributed by atoms with E-state index in [1.807, 2.05) is 18.2 Å². The molecule has 2 rings (SSSR count). The second-order valence-corrected chi connectivity index (χ2v) is 6.17. The van der Waals surface area contributed by atoms with Gasteiger partial charge in [-0.1, -0.05) is 11.6 Å². The van der Waals surface area contributed by atoms with Crippen molar-refractivity contribution in [3.63, 3.8) is 0 Å². The lowest BCUT2D eigenvalue weighted by molar-refractivity contribution is 0.0947. The molecule has 1 amide bonds. The van der Waals surface area contributed by atoms with E-state index in [1.165, 1.54) is 7.11 Å². The van der Waals surface area contributed by atoms with Crippen LogP contribution < -0.4 is 14.8 Å². The van der Waals surface area contributed by atoms with E-state index in [0.717, 1.165) is 14.9 Å². The first-order valence-electron chi connectivity index (χ1n) is 6.49. The van der Waals surface area contributed by atoms with Gasteiger partial charge in [-0.05, 0) is 59.0 Å². The van der Waals surface area contributed by atoms with Crippen LogP contribution in [0.15, 0.2) is 36.4 Å². The summed E-state index contributed by atoms with van der Waals surface area (Å²) in [5.41, 5.74) is 1.31. The van der Waals surface area contributed by atoms with Crippen LogP contribution in [-0.4, -0.2) is 20.1 Å². The number of halogens is 2. The van der Waals surface area contributed by atoms with Crippen LogP contribution in [0, 0.1) is 3.57 Å². The zero-order chi connectivity index (χ0) is 16.1. The van der Waals surface area contributed by atoms with Crippen molar-refractivity contribution in [3.05, 3.63) is 56.1 Å². The average Bonchev–Trinajstić information content (AvgIpc) is 2.52. The normalized spacial score (nSPS) is 10.2. The van der Waals surface area contributed by atoms with Crippen LogP contribution in [0.3, 0.4) is 0 Å². The Morgan fingerprint density at radius 3 is 2.50 bits per heavy atom. The van der Waals surface area contributed by atoms with E-state index in [0.29, 0.717) is 22.9 Å². The van der Waals surface area contributed by atoms with Crippen LogP contribution in [0.25, 0.3) is 0 Å². The lowest BCUT2D eigenvalue weighted by atomic mass is 10.1. The summed E-state index contributed by atoms with van der Waals surface area (Å²) in [6.07, 6.45) is 0. The van der Waals surface area contributed by atoms with Gasteiger partial charge in [0, 0.05) is 20.7 Å². The third-order valence-corrected chi connectivity index (χ3v) is 3.99. The fourth-order valence-electron chi connectivity index (χ4n) is 2.01. The van der Waals surface area contributed by atoms with Crippen molar-refractivity contribution in [1.82, 2.24) is 5.32 Å². The molecule has 0 spiro atoms. The third-order valence-electron chi connectivity index (χ3n) is 3.09. The highest BCUT2D eigenvalue weighted by Gasteiger charge is 2.13. The molecule has 0 unspecified atom stereocenters. The van der Waals surface area contributed by atoms with Crippen molar-refractivity contribution in [2.45, 2.75) is 6.54 Å². The number of nitrogens with one attached hydrogen (secondary N) is 1. The SMILES string of the molecule is COc1ccc(I)cc1CNC(=O)c1cc(Cl)ccc1OC. The quantitative estimate of drug-likeness (QED) is 0.731. The molecule has 1 N–H and O–H groups in total. The molecular formula is C16H15ClINO3. The molecular weight excluding hydrogens is 417 g/mol. The topological polar surface area (TPSA) is 47.6 Å². The van der Waals surface area contributed by atoms with E-state index in [-0.39, 0.29) is 5.91 Å². The molecule has 2 aromatic rings. The van der Waals surface area contributed by atoms with Gasteiger partial charge in [-0.3, -0.25) is 4.79 Å². The molecule has 0 radical (unpaired) electrons. The molecule has 0 aliphatic carbocycles. The second-order valence-electron chi connectivity index (χ2n) is 4.48. The Labute approximate surface area is 147 Å². The first kappa shape index (κ1) is 16.9. The maximum absolute atomic E-state index is 12.3. The minimum atomic E-state index is -0.250. The van der Waals surface area contributed by atoms with Crippen LogP contribution in [-0.2, 0) is 6.54 Å². The molecule has 0 bridgehead atoms. The van der Waals surface area contributed by atoms with Gasteiger partial charge >= 0.3 is 0 Å². The number of rotatable bonds is 5. The maximum Gasteiger partial charge on any atom is 0.255 e. The highest BCUT2D eigenvalue weighted by Crippen LogP contribution is 2.24. The average molecular weight is 432 g/mol. The van der Waals surface area contributed by atoms with Gasteiger partial charge in [0.25, 0.3) is 5.91 Å². The standard InChI is InChI=1S/C16H15ClINO3/c1-21-14-6-4-12(18)7-10(14)9-19-16(20)13-8-11(17)3-5-15(13)22-2/h3-8H,9H2,1-2H3,(H,19,20). The minimum Gasteiger partial charge on any atom is -0.496 e. The summed E-state index contributed by atoms with van der Waals surface area (Å²) in [5.74, 6) is 0.968. The Morgan fingerprint density at radius 1 is 1.14 bits per heavy atom. The Hall–Kier alpha value is -1.47. The molecule has 116 valence electrons. The van der Waals surface area contributed by atoms with Crippen molar-refractivity contribution in [2.24, 2.45) is 0 Å². The summed E-state index contributed by atoms with van der Waals surface area (Å²) < 4.78 is 11.6. The Balaban J connectivity index is 2.17. The van der Waals surface area contributed by atoms with E-state index < -0.39 is 0 Å². The first-order valence-corrected chi connectivity index (χ1v) is 7.95. The summed E-state index contributed by atoms with van der Waals surface area (Å²) in [4.78, 5) is 12.3. The zero-order valence-corrected chi connectivity index (χ0v) is 15.1. The number of amides is 1. The predicted octanol–water partition coefficient (Wildman–Crippen LogP) is 3.89. The Bertz CT molecular complexity index is 691. The third kappa shape index (κ3) is 4.04. The van der Waals surface area contributed by atoms with E-state index >= 15 is 0 Å². The van der Waals surface area contributed by atoms with Gasteiger partial charge in [0.05, 0.1) is 19.8 Å².